The van der Waals surface area contributed by atoms with Crippen molar-refractivity contribution < 1.29 is 4.79 Å². The lowest BCUT2D eigenvalue weighted by molar-refractivity contribution is 0.100. The Hall–Kier alpha value is -1.56. The van der Waals surface area contributed by atoms with Gasteiger partial charge in [0.1, 0.15) is 16.0 Å². The predicted octanol–water partition coefficient (Wildman–Crippen LogP) is 0.788. The Morgan fingerprint density at radius 2 is 2.44 bits per heavy atom. The molecule has 1 amide bonds. The van der Waals surface area contributed by atoms with Crippen molar-refractivity contribution in [2.24, 2.45) is 10.7 Å². The van der Waals surface area contributed by atoms with Crippen LogP contribution < -0.4 is 16.4 Å². The highest BCUT2D eigenvalue weighted by Gasteiger charge is 2.32. The summed E-state index contributed by atoms with van der Waals surface area (Å²) >= 11 is 1.38. The molecule has 6 heteroatoms. The van der Waals surface area contributed by atoms with Gasteiger partial charge in [0.25, 0.3) is 5.91 Å². The van der Waals surface area contributed by atoms with Gasteiger partial charge in [0.15, 0.2) is 0 Å². The van der Waals surface area contributed by atoms with Gasteiger partial charge in [0.05, 0.1) is 11.3 Å². The van der Waals surface area contributed by atoms with Gasteiger partial charge in [-0.1, -0.05) is 0 Å². The quantitative estimate of drug-likeness (QED) is 0.756. The van der Waals surface area contributed by atoms with E-state index in [0.717, 1.165) is 30.0 Å². The van der Waals surface area contributed by atoms with Crippen LogP contribution in [-0.2, 0) is 0 Å². The van der Waals surface area contributed by atoms with Crippen molar-refractivity contribution in [3.8, 4) is 0 Å². The van der Waals surface area contributed by atoms with Crippen molar-refractivity contribution in [2.75, 3.05) is 17.2 Å². The molecule has 0 saturated carbocycles. The molecule has 0 radical (unpaired) electrons. The van der Waals surface area contributed by atoms with Crippen molar-refractivity contribution in [3.63, 3.8) is 0 Å². The topological polar surface area (TPSA) is 84.7 Å². The Balaban J connectivity index is 2.15. The highest BCUT2D eigenvalue weighted by molar-refractivity contribution is 7.19. The lowest BCUT2D eigenvalue weighted by Crippen LogP contribution is -2.30. The molecule has 0 aliphatic carbocycles. The summed E-state index contributed by atoms with van der Waals surface area (Å²) in [4.78, 5) is 18.3. The monoisotopic (exact) mass is 236 g/mol. The van der Waals surface area contributed by atoms with E-state index in [-0.39, 0.29) is 6.17 Å². The molecular formula is C10H12N4OS. The van der Waals surface area contributed by atoms with E-state index in [2.05, 4.69) is 9.89 Å². The van der Waals surface area contributed by atoms with Crippen LogP contribution in [0.2, 0.25) is 0 Å². The van der Waals surface area contributed by atoms with Gasteiger partial charge in [-0.3, -0.25) is 9.79 Å². The first kappa shape index (κ1) is 9.65. The van der Waals surface area contributed by atoms with E-state index < -0.39 is 5.91 Å². The number of anilines is 2. The summed E-state index contributed by atoms with van der Waals surface area (Å²) in [6, 6.07) is 0. The summed E-state index contributed by atoms with van der Waals surface area (Å²) in [6.45, 7) is 0.979. The second kappa shape index (κ2) is 3.21. The van der Waals surface area contributed by atoms with Gasteiger partial charge in [-0.2, -0.15) is 0 Å². The third-order valence-electron chi connectivity index (χ3n) is 3.05. The maximum Gasteiger partial charge on any atom is 0.260 e. The van der Waals surface area contributed by atoms with Crippen molar-refractivity contribution in [2.45, 2.75) is 19.0 Å². The number of nitrogens with two attached hydrogens (primary N) is 2. The number of nitrogens with zero attached hydrogens (tertiary/aromatic N) is 2. The fraction of sp³-hybridized carbons (Fsp3) is 0.400. The first-order valence-electron chi connectivity index (χ1n) is 5.20. The Labute approximate surface area is 96.7 Å². The highest BCUT2D eigenvalue weighted by Crippen LogP contribution is 2.42. The molecule has 0 spiro atoms. The molecule has 1 aromatic rings. The van der Waals surface area contributed by atoms with Crippen molar-refractivity contribution >= 4 is 34.1 Å². The molecule has 0 aromatic carbocycles. The molecule has 5 nitrogen and oxygen atoms in total. The molecule has 0 bridgehead atoms. The Bertz CT molecular complexity index is 493. The molecule has 1 saturated heterocycles. The van der Waals surface area contributed by atoms with E-state index in [9.17, 15) is 4.79 Å². The zero-order valence-electron chi connectivity index (χ0n) is 8.64. The number of nitrogen functional groups attached to an aromatic ring is 1. The number of aliphatic imine (C=N–C) groups is 1. The summed E-state index contributed by atoms with van der Waals surface area (Å²) in [7, 11) is 0. The third-order valence-corrected chi connectivity index (χ3v) is 4.32. The molecule has 84 valence electrons. The first-order chi connectivity index (χ1) is 7.68. The average Bonchev–Trinajstić information content (AvgIpc) is 2.81. The van der Waals surface area contributed by atoms with E-state index in [1.807, 2.05) is 0 Å². The third kappa shape index (κ3) is 1.16. The van der Waals surface area contributed by atoms with Gasteiger partial charge in [-0.05, 0) is 12.8 Å². The van der Waals surface area contributed by atoms with Crippen LogP contribution >= 0.6 is 11.3 Å². The van der Waals surface area contributed by atoms with Crippen molar-refractivity contribution in [1.82, 2.24) is 0 Å². The average molecular weight is 236 g/mol. The molecule has 1 atom stereocenters. The van der Waals surface area contributed by atoms with Crippen molar-refractivity contribution in [1.29, 1.82) is 0 Å². The maximum absolute atomic E-state index is 11.2. The SMILES string of the molecule is NC(=O)c1sc2c(c1N)C=NC1CCCN21. The molecule has 1 aromatic heterocycles. The maximum atomic E-state index is 11.2. The minimum absolute atomic E-state index is 0.228. The molecule has 3 rings (SSSR count). The van der Waals surface area contributed by atoms with Crippen LogP contribution in [0, 0.1) is 0 Å². The van der Waals surface area contributed by atoms with E-state index >= 15 is 0 Å². The van der Waals surface area contributed by atoms with Crippen molar-refractivity contribution in [3.05, 3.63) is 10.4 Å². The molecule has 3 heterocycles. The number of fused-ring (bicyclic) bond motifs is 3. The molecule has 4 N–H and O–H groups in total. The lowest BCUT2D eigenvalue weighted by Gasteiger charge is -2.26. The van der Waals surface area contributed by atoms with Gasteiger partial charge in [0, 0.05) is 12.8 Å². The van der Waals surface area contributed by atoms with Crippen LogP contribution in [0.3, 0.4) is 0 Å². The number of carbonyl (C=O) groups excluding carboxylic acids is 1. The number of thiophene rings is 1. The standard InChI is InChI=1S/C10H12N4OS/c11-7-5-4-13-6-2-1-3-14(6)10(5)16-8(7)9(12)15/h4,6H,1-3,11H2,(H2,12,15). The van der Waals surface area contributed by atoms with E-state index in [1.54, 1.807) is 6.21 Å². The largest absolute Gasteiger partial charge is 0.397 e. The van der Waals surface area contributed by atoms with Crippen LogP contribution in [0.4, 0.5) is 10.7 Å². The molecule has 16 heavy (non-hydrogen) atoms. The van der Waals surface area contributed by atoms with Gasteiger partial charge in [0.2, 0.25) is 0 Å². The second-order valence-corrected chi connectivity index (χ2v) is 5.02. The Morgan fingerprint density at radius 1 is 1.62 bits per heavy atom. The summed E-state index contributed by atoms with van der Waals surface area (Å²) in [5, 5.41) is 1.05. The van der Waals surface area contributed by atoms with Gasteiger partial charge >= 0.3 is 0 Å². The number of carbonyl (C=O) groups is 1. The number of hydrogen-bond acceptors (Lipinski definition) is 5. The lowest BCUT2D eigenvalue weighted by atomic mass is 10.2. The number of hydrogen-bond donors (Lipinski definition) is 2. The zero-order valence-corrected chi connectivity index (χ0v) is 9.46. The number of amides is 1. The molecule has 1 unspecified atom stereocenters. The Kier molecular flexibility index (Phi) is 1.94. The van der Waals surface area contributed by atoms with Gasteiger partial charge in [-0.25, -0.2) is 0 Å². The minimum Gasteiger partial charge on any atom is -0.397 e. The molecule has 2 aliphatic heterocycles. The van der Waals surface area contributed by atoms with Crippen LogP contribution in [-0.4, -0.2) is 24.8 Å². The van der Waals surface area contributed by atoms with Crippen LogP contribution in [0.15, 0.2) is 4.99 Å². The van der Waals surface area contributed by atoms with E-state index in [0.29, 0.717) is 10.6 Å². The van der Waals surface area contributed by atoms with Crippen LogP contribution in [0.25, 0.3) is 0 Å². The van der Waals surface area contributed by atoms with Gasteiger partial charge < -0.3 is 16.4 Å². The second-order valence-electron chi connectivity index (χ2n) is 4.02. The van der Waals surface area contributed by atoms with E-state index in [1.165, 1.54) is 11.3 Å². The predicted molar refractivity (Wildman–Crippen MR) is 65.2 cm³/mol. The summed E-state index contributed by atoms with van der Waals surface area (Å²) in [5.41, 5.74) is 12.5. The van der Waals surface area contributed by atoms with Crippen LogP contribution in [0.5, 0.6) is 0 Å². The smallest absolute Gasteiger partial charge is 0.260 e. The number of rotatable bonds is 1. The molecule has 2 aliphatic rings. The fourth-order valence-corrected chi connectivity index (χ4v) is 3.38. The zero-order chi connectivity index (χ0) is 11.3. The summed E-state index contributed by atoms with van der Waals surface area (Å²) in [6.07, 6.45) is 4.21. The molecular weight excluding hydrogens is 224 g/mol. The van der Waals surface area contributed by atoms with E-state index in [4.69, 9.17) is 11.5 Å². The highest BCUT2D eigenvalue weighted by atomic mass is 32.1. The number of primary amides is 1. The first-order valence-corrected chi connectivity index (χ1v) is 6.02. The summed E-state index contributed by atoms with van der Waals surface area (Å²) < 4.78 is 0. The summed E-state index contributed by atoms with van der Waals surface area (Å²) in [5.74, 6) is -0.457. The Morgan fingerprint density at radius 3 is 3.19 bits per heavy atom. The van der Waals surface area contributed by atoms with Gasteiger partial charge in [-0.15, -0.1) is 11.3 Å². The fourth-order valence-electron chi connectivity index (χ4n) is 2.27. The van der Waals surface area contributed by atoms with Crippen LogP contribution in [0.1, 0.15) is 28.1 Å². The minimum atomic E-state index is -0.457. The normalized spacial score (nSPS) is 22.0. The molecule has 1 fully saturated rings.